The topological polar surface area (TPSA) is 38.9 Å². The molecule has 0 amide bonds. The van der Waals surface area contributed by atoms with Crippen LogP contribution in [0.15, 0.2) is 12.3 Å². The number of hydrogen-bond acceptors (Lipinski definition) is 3. The molecule has 1 aliphatic heterocycles. The summed E-state index contributed by atoms with van der Waals surface area (Å²) in [6, 6.07) is 1.94. The number of nitrogens with zero attached hydrogens (tertiary/aromatic N) is 1. The zero-order valence-electron chi connectivity index (χ0n) is 7.16. The molecule has 1 aromatic rings. The third-order valence-corrected chi connectivity index (χ3v) is 3.94. The maximum Gasteiger partial charge on any atom is 0.151 e. The first-order valence-corrected chi connectivity index (χ1v) is 5.72. The van der Waals surface area contributed by atoms with E-state index in [1.54, 1.807) is 0 Å². The second kappa shape index (κ2) is 3.76. The first kappa shape index (κ1) is 9.16. The molecular formula is C9H11ClN2S. The molecule has 0 aromatic carbocycles. The number of rotatable bonds is 1. The van der Waals surface area contributed by atoms with Crippen LogP contribution in [-0.4, -0.2) is 10.7 Å². The third-order valence-electron chi connectivity index (χ3n) is 2.19. The summed E-state index contributed by atoms with van der Waals surface area (Å²) in [6.07, 6.45) is 4.35. The molecule has 4 heteroatoms. The molecule has 2 nitrogen and oxygen atoms in total. The van der Waals surface area contributed by atoms with E-state index in [-0.39, 0.29) is 0 Å². The van der Waals surface area contributed by atoms with Crippen molar-refractivity contribution >= 4 is 29.1 Å². The van der Waals surface area contributed by atoms with E-state index in [1.165, 1.54) is 24.2 Å². The number of hydrogen-bond donors (Lipinski definition) is 1. The van der Waals surface area contributed by atoms with Gasteiger partial charge in [0.2, 0.25) is 0 Å². The van der Waals surface area contributed by atoms with Crippen LogP contribution in [-0.2, 0) is 0 Å². The largest absolute Gasteiger partial charge is 0.396 e. The summed E-state index contributed by atoms with van der Waals surface area (Å²) in [7, 11) is 0. The van der Waals surface area contributed by atoms with Crippen LogP contribution in [0.2, 0.25) is 5.15 Å². The van der Waals surface area contributed by atoms with E-state index in [9.17, 15) is 0 Å². The van der Waals surface area contributed by atoms with Crippen molar-refractivity contribution in [2.75, 3.05) is 11.5 Å². The van der Waals surface area contributed by atoms with E-state index in [4.69, 9.17) is 17.3 Å². The highest BCUT2D eigenvalue weighted by molar-refractivity contribution is 7.99. The Kier molecular flexibility index (Phi) is 2.65. The fourth-order valence-corrected chi connectivity index (χ4v) is 2.87. The Morgan fingerprint density at radius 1 is 1.62 bits per heavy atom. The van der Waals surface area contributed by atoms with Gasteiger partial charge < -0.3 is 5.73 Å². The number of aromatic nitrogens is 1. The van der Waals surface area contributed by atoms with Crippen LogP contribution in [0.1, 0.15) is 23.7 Å². The minimum atomic E-state index is 0.409. The zero-order chi connectivity index (χ0) is 9.26. The molecule has 0 spiro atoms. The lowest BCUT2D eigenvalue weighted by Gasteiger charge is -2.08. The molecule has 2 rings (SSSR count). The van der Waals surface area contributed by atoms with Gasteiger partial charge in [-0.05, 0) is 30.2 Å². The summed E-state index contributed by atoms with van der Waals surface area (Å²) in [5, 5.41) is 0.985. The second-order valence-electron chi connectivity index (χ2n) is 3.15. The molecule has 1 unspecified atom stereocenters. The lowest BCUT2D eigenvalue weighted by Crippen LogP contribution is -1.95. The number of nitrogen functional groups attached to an aromatic ring is 1. The van der Waals surface area contributed by atoms with Gasteiger partial charge in [-0.25, -0.2) is 4.98 Å². The lowest BCUT2D eigenvalue weighted by molar-refractivity contribution is 0.826. The predicted molar refractivity (Wildman–Crippen MR) is 58.1 cm³/mol. The minimum Gasteiger partial charge on any atom is -0.396 e. The van der Waals surface area contributed by atoms with Crippen molar-refractivity contribution in [2.45, 2.75) is 18.1 Å². The molecule has 1 aliphatic rings. The normalized spacial score (nSPS) is 22.1. The molecule has 0 saturated carbocycles. The molecule has 0 bridgehead atoms. The van der Waals surface area contributed by atoms with Crippen LogP contribution in [0.25, 0.3) is 0 Å². The Labute approximate surface area is 86.9 Å². The fraction of sp³-hybridized carbons (Fsp3) is 0.444. The van der Waals surface area contributed by atoms with Gasteiger partial charge in [-0.1, -0.05) is 11.6 Å². The van der Waals surface area contributed by atoms with Gasteiger partial charge in [-0.2, -0.15) is 11.8 Å². The van der Waals surface area contributed by atoms with E-state index in [2.05, 4.69) is 4.98 Å². The zero-order valence-corrected chi connectivity index (χ0v) is 8.74. The van der Waals surface area contributed by atoms with Crippen molar-refractivity contribution in [3.8, 4) is 0 Å². The maximum absolute atomic E-state index is 5.74. The minimum absolute atomic E-state index is 0.409. The predicted octanol–water partition coefficient (Wildman–Crippen LogP) is 2.89. The quantitative estimate of drug-likeness (QED) is 0.731. The van der Waals surface area contributed by atoms with Crippen LogP contribution >= 0.6 is 23.4 Å². The molecule has 0 radical (unpaired) electrons. The molecule has 70 valence electrons. The van der Waals surface area contributed by atoms with Crippen LogP contribution in [0.5, 0.6) is 0 Å². The van der Waals surface area contributed by atoms with Gasteiger partial charge in [0.25, 0.3) is 0 Å². The molecule has 1 saturated heterocycles. The first-order chi connectivity index (χ1) is 6.27. The van der Waals surface area contributed by atoms with Crippen molar-refractivity contribution < 1.29 is 0 Å². The maximum atomic E-state index is 5.74. The molecule has 2 heterocycles. The smallest absolute Gasteiger partial charge is 0.151 e. The molecule has 13 heavy (non-hydrogen) atoms. The van der Waals surface area contributed by atoms with Gasteiger partial charge in [-0.3, -0.25) is 0 Å². The monoisotopic (exact) mass is 214 g/mol. The number of anilines is 1. The standard InChI is InChI=1S/C9H11ClN2S/c10-9-7(11)4-6(5-12-9)8-2-1-3-13-8/h4-5,8H,1-3,11H2. The SMILES string of the molecule is Nc1cc(C2CCCS2)cnc1Cl. The Morgan fingerprint density at radius 3 is 3.08 bits per heavy atom. The van der Waals surface area contributed by atoms with Crippen LogP contribution in [0.3, 0.4) is 0 Å². The molecule has 1 aromatic heterocycles. The summed E-state index contributed by atoms with van der Waals surface area (Å²) >= 11 is 7.72. The third kappa shape index (κ3) is 1.92. The summed E-state index contributed by atoms with van der Waals surface area (Å²) in [4.78, 5) is 4.05. The van der Waals surface area contributed by atoms with Gasteiger partial charge in [0.15, 0.2) is 5.15 Å². The van der Waals surface area contributed by atoms with Crippen molar-refractivity contribution in [2.24, 2.45) is 0 Å². The van der Waals surface area contributed by atoms with E-state index in [0.29, 0.717) is 16.1 Å². The molecular weight excluding hydrogens is 204 g/mol. The summed E-state index contributed by atoms with van der Waals surface area (Å²) in [6.45, 7) is 0. The van der Waals surface area contributed by atoms with Crippen LogP contribution < -0.4 is 5.73 Å². The number of nitrogens with two attached hydrogens (primary N) is 1. The molecule has 2 N–H and O–H groups in total. The second-order valence-corrected chi connectivity index (χ2v) is 4.82. The molecule has 1 fully saturated rings. The number of thioether (sulfide) groups is 1. The summed E-state index contributed by atoms with van der Waals surface area (Å²) < 4.78 is 0. The van der Waals surface area contributed by atoms with Crippen LogP contribution in [0.4, 0.5) is 5.69 Å². The molecule has 1 atom stereocenters. The van der Waals surface area contributed by atoms with Crippen molar-refractivity contribution in [3.63, 3.8) is 0 Å². The number of pyridine rings is 1. The van der Waals surface area contributed by atoms with E-state index in [0.717, 1.165) is 0 Å². The van der Waals surface area contributed by atoms with Crippen molar-refractivity contribution in [1.29, 1.82) is 0 Å². The average Bonchev–Trinajstić information content (AvgIpc) is 2.62. The lowest BCUT2D eigenvalue weighted by atomic mass is 10.1. The fourth-order valence-electron chi connectivity index (χ4n) is 1.50. The molecule has 0 aliphatic carbocycles. The Bertz CT molecular complexity index is 310. The van der Waals surface area contributed by atoms with Gasteiger partial charge in [-0.15, -0.1) is 0 Å². The Hall–Kier alpha value is -0.410. The van der Waals surface area contributed by atoms with Crippen molar-refractivity contribution in [3.05, 3.63) is 23.0 Å². The van der Waals surface area contributed by atoms with Crippen LogP contribution in [0, 0.1) is 0 Å². The van der Waals surface area contributed by atoms with E-state index < -0.39 is 0 Å². The van der Waals surface area contributed by atoms with E-state index >= 15 is 0 Å². The summed E-state index contributed by atoms with van der Waals surface area (Å²) in [5.74, 6) is 1.24. The highest BCUT2D eigenvalue weighted by Gasteiger charge is 2.18. The number of halogens is 1. The highest BCUT2D eigenvalue weighted by Crippen LogP contribution is 2.40. The first-order valence-electron chi connectivity index (χ1n) is 4.30. The van der Waals surface area contributed by atoms with Gasteiger partial charge >= 0.3 is 0 Å². The average molecular weight is 215 g/mol. The van der Waals surface area contributed by atoms with Crippen molar-refractivity contribution in [1.82, 2.24) is 4.98 Å². The van der Waals surface area contributed by atoms with Gasteiger partial charge in [0, 0.05) is 11.4 Å². The summed E-state index contributed by atoms with van der Waals surface area (Å²) in [5.41, 5.74) is 7.49. The Morgan fingerprint density at radius 2 is 2.46 bits per heavy atom. The van der Waals surface area contributed by atoms with E-state index in [1.807, 2.05) is 24.0 Å². The van der Waals surface area contributed by atoms with Gasteiger partial charge in [0.05, 0.1) is 5.69 Å². The van der Waals surface area contributed by atoms with Gasteiger partial charge in [0.1, 0.15) is 0 Å². The highest BCUT2D eigenvalue weighted by atomic mass is 35.5. The Balaban J connectivity index is 2.25.